The van der Waals surface area contributed by atoms with Crippen LogP contribution in [0, 0.1) is 5.92 Å². The molecule has 3 N–H and O–H groups in total. The number of rotatable bonds is 9. The van der Waals surface area contributed by atoms with Crippen LogP contribution in [-0.2, 0) is 19.6 Å². The topological polar surface area (TPSA) is 123 Å². The van der Waals surface area contributed by atoms with Gasteiger partial charge in [-0.1, -0.05) is 19.9 Å². The molecule has 1 atom stereocenters. The summed E-state index contributed by atoms with van der Waals surface area (Å²) in [6.07, 6.45) is -0.599. The highest BCUT2D eigenvalue weighted by Crippen LogP contribution is 2.17. The number of ether oxygens (including phenoxy) is 2. The molecule has 0 spiro atoms. The molecule has 10 heteroatoms. The average molecular weight is 450 g/mol. The zero-order valence-electron chi connectivity index (χ0n) is 17.8. The quantitative estimate of drug-likeness (QED) is 0.540. The van der Waals surface area contributed by atoms with E-state index in [0.717, 1.165) is 0 Å². The van der Waals surface area contributed by atoms with E-state index in [1.54, 1.807) is 24.3 Å². The first kappa shape index (κ1) is 24.2. The summed E-state index contributed by atoms with van der Waals surface area (Å²) in [5.74, 6) is 0.169. The van der Waals surface area contributed by atoms with Crippen molar-refractivity contribution < 1.29 is 27.5 Å². The van der Waals surface area contributed by atoms with Crippen molar-refractivity contribution in [2.45, 2.75) is 31.7 Å². The van der Waals surface area contributed by atoms with Crippen LogP contribution in [0.25, 0.3) is 0 Å². The van der Waals surface area contributed by atoms with Crippen molar-refractivity contribution >= 4 is 33.4 Å². The molecule has 0 saturated carbocycles. The van der Waals surface area contributed by atoms with Crippen molar-refractivity contribution in [2.24, 2.45) is 5.92 Å². The van der Waals surface area contributed by atoms with Gasteiger partial charge in [0.2, 0.25) is 15.9 Å². The van der Waals surface area contributed by atoms with Crippen LogP contribution in [-0.4, -0.2) is 40.2 Å². The second-order valence-electron chi connectivity index (χ2n) is 7.21. The van der Waals surface area contributed by atoms with Gasteiger partial charge < -0.3 is 14.8 Å². The summed E-state index contributed by atoms with van der Waals surface area (Å²) in [5.41, 5.74) is 0.820. The Bertz CT molecular complexity index is 1010. The first-order valence-electron chi connectivity index (χ1n) is 9.62. The Hall–Kier alpha value is -3.11. The molecule has 0 aliphatic rings. The predicted molar refractivity (Wildman–Crippen MR) is 118 cm³/mol. The third-order valence-corrected chi connectivity index (χ3v) is 5.58. The molecule has 31 heavy (non-hydrogen) atoms. The second-order valence-corrected chi connectivity index (χ2v) is 8.92. The lowest BCUT2D eigenvalue weighted by Gasteiger charge is -2.15. The molecule has 9 nitrogen and oxygen atoms in total. The molecule has 0 aliphatic heterocycles. The Morgan fingerprint density at radius 2 is 1.58 bits per heavy atom. The van der Waals surface area contributed by atoms with Gasteiger partial charge in [-0.05, 0) is 55.3 Å². The summed E-state index contributed by atoms with van der Waals surface area (Å²) >= 11 is 0. The van der Waals surface area contributed by atoms with E-state index < -0.39 is 28.1 Å². The molecule has 0 heterocycles. The fourth-order valence-corrected chi connectivity index (χ4v) is 3.63. The molecule has 0 unspecified atom stereocenters. The largest absolute Gasteiger partial charge is 0.497 e. The Kier molecular flexibility index (Phi) is 8.40. The summed E-state index contributed by atoms with van der Waals surface area (Å²) in [6, 6.07) is 11.2. The van der Waals surface area contributed by atoms with E-state index in [1.807, 2.05) is 13.8 Å². The average Bonchev–Trinajstić information content (AvgIpc) is 2.72. The molecule has 0 fully saturated rings. The first-order chi connectivity index (χ1) is 14.6. The lowest BCUT2D eigenvalue weighted by molar-refractivity contribution is -0.117. The molecule has 2 rings (SSSR count). The van der Waals surface area contributed by atoms with Gasteiger partial charge in [0, 0.05) is 11.4 Å². The number of methoxy groups -OCH3 is 1. The normalized spacial score (nSPS) is 12.2. The number of carbonyl (C=O) groups is 2. The van der Waals surface area contributed by atoms with Gasteiger partial charge >= 0.3 is 6.09 Å². The van der Waals surface area contributed by atoms with Gasteiger partial charge in [-0.25, -0.2) is 13.2 Å². The first-order valence-corrected chi connectivity index (χ1v) is 11.1. The van der Waals surface area contributed by atoms with Gasteiger partial charge in [0.05, 0.1) is 24.7 Å². The third-order valence-electron chi connectivity index (χ3n) is 4.02. The molecule has 0 aliphatic carbocycles. The number of hydrogen-bond donors (Lipinski definition) is 3. The Morgan fingerprint density at radius 1 is 0.968 bits per heavy atom. The molecule has 2 aromatic rings. The SMILES string of the molecule is COc1ccc(S(=O)(=O)N[C@@H](C)C(=O)Nc2cccc(NC(=O)OCC(C)C)c2)cc1. The monoisotopic (exact) mass is 449 g/mol. The highest BCUT2D eigenvalue weighted by Gasteiger charge is 2.22. The van der Waals surface area contributed by atoms with Gasteiger partial charge in [0.25, 0.3) is 0 Å². The second kappa shape index (κ2) is 10.8. The van der Waals surface area contributed by atoms with E-state index in [-0.39, 0.29) is 17.4 Å². The zero-order chi connectivity index (χ0) is 23.0. The summed E-state index contributed by atoms with van der Waals surface area (Å²) in [4.78, 5) is 24.3. The number of sulfonamides is 1. The highest BCUT2D eigenvalue weighted by molar-refractivity contribution is 7.89. The molecule has 2 amide bonds. The standard InChI is InChI=1S/C21H27N3O6S/c1-14(2)13-30-21(26)23-17-7-5-6-16(12-17)22-20(25)15(3)24-31(27,28)19-10-8-18(29-4)9-11-19/h5-12,14-15,24H,13H2,1-4H3,(H,22,25)(H,23,26)/t15-/m0/s1. The van der Waals surface area contributed by atoms with E-state index >= 15 is 0 Å². The maximum absolute atomic E-state index is 12.5. The predicted octanol–water partition coefficient (Wildman–Crippen LogP) is 3.21. The van der Waals surface area contributed by atoms with Gasteiger partial charge in [0.1, 0.15) is 5.75 Å². The summed E-state index contributed by atoms with van der Waals surface area (Å²) in [6.45, 7) is 5.57. The van der Waals surface area contributed by atoms with Crippen molar-refractivity contribution in [3.05, 3.63) is 48.5 Å². The van der Waals surface area contributed by atoms with Crippen LogP contribution >= 0.6 is 0 Å². The van der Waals surface area contributed by atoms with E-state index in [1.165, 1.54) is 38.3 Å². The lowest BCUT2D eigenvalue weighted by Crippen LogP contribution is -2.41. The van der Waals surface area contributed by atoms with E-state index in [2.05, 4.69) is 15.4 Å². The van der Waals surface area contributed by atoms with Gasteiger partial charge in [0.15, 0.2) is 0 Å². The number of nitrogens with one attached hydrogen (secondary N) is 3. The smallest absolute Gasteiger partial charge is 0.411 e. The molecule has 0 radical (unpaired) electrons. The van der Waals surface area contributed by atoms with E-state index in [4.69, 9.17) is 9.47 Å². The zero-order valence-corrected chi connectivity index (χ0v) is 18.7. The number of amides is 2. The highest BCUT2D eigenvalue weighted by atomic mass is 32.2. The minimum Gasteiger partial charge on any atom is -0.497 e. The number of hydrogen-bond acceptors (Lipinski definition) is 6. The van der Waals surface area contributed by atoms with Crippen LogP contribution in [0.4, 0.5) is 16.2 Å². The van der Waals surface area contributed by atoms with Crippen LogP contribution in [0.15, 0.2) is 53.4 Å². The maximum Gasteiger partial charge on any atom is 0.411 e. The Labute approximate surface area is 182 Å². The van der Waals surface area contributed by atoms with Gasteiger partial charge in [-0.3, -0.25) is 10.1 Å². The van der Waals surface area contributed by atoms with Crippen LogP contribution in [0.1, 0.15) is 20.8 Å². The number of anilines is 2. The minimum absolute atomic E-state index is 0.0130. The fourth-order valence-electron chi connectivity index (χ4n) is 2.43. The van der Waals surface area contributed by atoms with Crippen molar-refractivity contribution in [1.82, 2.24) is 4.72 Å². The van der Waals surface area contributed by atoms with Crippen LogP contribution in [0.2, 0.25) is 0 Å². The third kappa shape index (κ3) is 7.58. The molecular weight excluding hydrogens is 422 g/mol. The Balaban J connectivity index is 1.98. The molecular formula is C21H27N3O6S. The maximum atomic E-state index is 12.5. The van der Waals surface area contributed by atoms with Crippen LogP contribution < -0.4 is 20.1 Å². The molecule has 0 bridgehead atoms. The van der Waals surface area contributed by atoms with Crippen molar-refractivity contribution in [2.75, 3.05) is 24.4 Å². The summed E-state index contributed by atoms with van der Waals surface area (Å²) in [5, 5.41) is 5.19. The Morgan fingerprint density at radius 3 is 2.16 bits per heavy atom. The molecule has 168 valence electrons. The van der Waals surface area contributed by atoms with Crippen molar-refractivity contribution in [3.63, 3.8) is 0 Å². The van der Waals surface area contributed by atoms with E-state index in [0.29, 0.717) is 17.1 Å². The lowest BCUT2D eigenvalue weighted by atomic mass is 10.2. The van der Waals surface area contributed by atoms with Crippen LogP contribution in [0.3, 0.4) is 0 Å². The summed E-state index contributed by atoms with van der Waals surface area (Å²) < 4.78 is 37.4. The fraction of sp³-hybridized carbons (Fsp3) is 0.333. The molecule has 0 saturated heterocycles. The molecule has 2 aromatic carbocycles. The van der Waals surface area contributed by atoms with Gasteiger partial charge in [-0.2, -0.15) is 4.72 Å². The van der Waals surface area contributed by atoms with Gasteiger partial charge in [-0.15, -0.1) is 0 Å². The summed E-state index contributed by atoms with van der Waals surface area (Å²) in [7, 11) is -2.42. The number of benzene rings is 2. The molecule has 0 aromatic heterocycles. The minimum atomic E-state index is -3.90. The van der Waals surface area contributed by atoms with E-state index in [9.17, 15) is 18.0 Å². The number of carbonyl (C=O) groups excluding carboxylic acids is 2. The van der Waals surface area contributed by atoms with Crippen molar-refractivity contribution in [1.29, 1.82) is 0 Å². The van der Waals surface area contributed by atoms with Crippen LogP contribution in [0.5, 0.6) is 5.75 Å². The van der Waals surface area contributed by atoms with Crippen molar-refractivity contribution in [3.8, 4) is 5.75 Å².